The molecule has 0 atom stereocenters. The van der Waals surface area contributed by atoms with Gasteiger partial charge in [-0.3, -0.25) is 9.59 Å². The fourth-order valence-corrected chi connectivity index (χ4v) is 2.72. The predicted octanol–water partition coefficient (Wildman–Crippen LogP) is 2.04. The minimum absolute atomic E-state index is 0.120. The normalized spacial score (nSPS) is 13.7. The van der Waals surface area contributed by atoms with Crippen LogP contribution in [0.5, 0.6) is 0 Å². The molecular formula is C16H21NO3. The Morgan fingerprint density at radius 2 is 1.90 bits per heavy atom. The van der Waals surface area contributed by atoms with E-state index in [2.05, 4.69) is 12.1 Å². The lowest BCUT2D eigenvalue weighted by Gasteiger charge is -2.20. The van der Waals surface area contributed by atoms with Crippen molar-refractivity contribution in [2.24, 2.45) is 0 Å². The van der Waals surface area contributed by atoms with Crippen molar-refractivity contribution in [3.63, 3.8) is 0 Å². The van der Waals surface area contributed by atoms with Crippen molar-refractivity contribution in [3.05, 3.63) is 34.9 Å². The number of carbonyl (C=O) groups excluding carboxylic acids is 1. The van der Waals surface area contributed by atoms with E-state index in [0.29, 0.717) is 6.54 Å². The van der Waals surface area contributed by atoms with Gasteiger partial charge in [0.05, 0.1) is 6.42 Å². The number of benzene rings is 1. The Morgan fingerprint density at radius 3 is 2.55 bits per heavy atom. The Bertz CT molecular complexity index is 510. The molecule has 2 rings (SSSR count). The summed E-state index contributed by atoms with van der Waals surface area (Å²) in [6.45, 7) is 2.00. The van der Waals surface area contributed by atoms with E-state index in [-0.39, 0.29) is 18.9 Å². The second-order valence-corrected chi connectivity index (χ2v) is 5.29. The number of carbonyl (C=O) groups is 2. The highest BCUT2D eigenvalue weighted by molar-refractivity contribution is 5.83. The molecule has 0 bridgehead atoms. The number of aliphatic carboxylic acids is 1. The van der Waals surface area contributed by atoms with Crippen LogP contribution in [0.2, 0.25) is 0 Å². The third-order valence-corrected chi connectivity index (χ3v) is 3.83. The van der Waals surface area contributed by atoms with E-state index in [0.717, 1.165) is 18.4 Å². The molecular weight excluding hydrogens is 254 g/mol. The fourth-order valence-electron chi connectivity index (χ4n) is 2.72. The van der Waals surface area contributed by atoms with Gasteiger partial charge in [0.15, 0.2) is 0 Å². The molecule has 0 aromatic heterocycles. The third kappa shape index (κ3) is 3.59. The monoisotopic (exact) mass is 275 g/mol. The van der Waals surface area contributed by atoms with Crippen LogP contribution in [0.15, 0.2) is 18.2 Å². The summed E-state index contributed by atoms with van der Waals surface area (Å²) in [5.74, 6) is -1.09. The number of likely N-dealkylation sites (N-methyl/N-ethyl adjacent to an activating group) is 1. The number of carboxylic acids is 1. The van der Waals surface area contributed by atoms with Crippen molar-refractivity contribution < 1.29 is 14.7 Å². The van der Waals surface area contributed by atoms with Crippen LogP contribution in [0, 0.1) is 0 Å². The summed E-state index contributed by atoms with van der Waals surface area (Å²) in [6.07, 6.45) is 4.96. The zero-order valence-electron chi connectivity index (χ0n) is 11.9. The van der Waals surface area contributed by atoms with Gasteiger partial charge in [0.25, 0.3) is 0 Å². The molecule has 0 saturated carbocycles. The molecule has 20 heavy (non-hydrogen) atoms. The number of carboxylic acid groups (broad SMARTS) is 1. The van der Waals surface area contributed by atoms with E-state index in [4.69, 9.17) is 5.11 Å². The summed E-state index contributed by atoms with van der Waals surface area (Å²) in [7, 11) is 0. The minimum atomic E-state index is -0.967. The Hall–Kier alpha value is -1.84. The van der Waals surface area contributed by atoms with E-state index >= 15 is 0 Å². The molecule has 108 valence electrons. The summed E-state index contributed by atoms with van der Waals surface area (Å²) in [5.41, 5.74) is 3.73. The maximum Gasteiger partial charge on any atom is 0.323 e. The molecule has 0 radical (unpaired) electrons. The second kappa shape index (κ2) is 6.55. The highest BCUT2D eigenvalue weighted by Crippen LogP contribution is 2.22. The third-order valence-electron chi connectivity index (χ3n) is 3.83. The Balaban J connectivity index is 2.05. The van der Waals surface area contributed by atoms with E-state index in [1.54, 1.807) is 6.92 Å². The van der Waals surface area contributed by atoms with Gasteiger partial charge in [-0.1, -0.05) is 18.2 Å². The molecule has 0 spiro atoms. The molecule has 1 aliphatic rings. The average molecular weight is 275 g/mol. The number of hydrogen-bond acceptors (Lipinski definition) is 2. The first-order valence-electron chi connectivity index (χ1n) is 7.20. The van der Waals surface area contributed by atoms with Crippen LogP contribution >= 0.6 is 0 Å². The topological polar surface area (TPSA) is 57.6 Å². The van der Waals surface area contributed by atoms with E-state index < -0.39 is 5.97 Å². The van der Waals surface area contributed by atoms with E-state index in [1.165, 1.54) is 28.9 Å². The highest BCUT2D eigenvalue weighted by atomic mass is 16.4. The first kappa shape index (κ1) is 14.6. The van der Waals surface area contributed by atoms with Gasteiger partial charge in [-0.05, 0) is 49.3 Å². The summed E-state index contributed by atoms with van der Waals surface area (Å²) < 4.78 is 0. The van der Waals surface area contributed by atoms with Crippen molar-refractivity contribution in [2.45, 2.75) is 39.0 Å². The first-order chi connectivity index (χ1) is 9.60. The zero-order chi connectivity index (χ0) is 14.5. The number of hydrogen-bond donors (Lipinski definition) is 1. The zero-order valence-corrected chi connectivity index (χ0v) is 11.9. The molecule has 4 nitrogen and oxygen atoms in total. The van der Waals surface area contributed by atoms with Crippen molar-refractivity contribution in [3.8, 4) is 0 Å². The van der Waals surface area contributed by atoms with Gasteiger partial charge < -0.3 is 10.0 Å². The number of nitrogens with zero attached hydrogens (tertiary/aromatic N) is 1. The number of amides is 1. The molecule has 4 heteroatoms. The van der Waals surface area contributed by atoms with Gasteiger partial charge in [0.2, 0.25) is 5.91 Å². The van der Waals surface area contributed by atoms with Crippen molar-refractivity contribution in [1.82, 2.24) is 4.90 Å². The largest absolute Gasteiger partial charge is 0.480 e. The summed E-state index contributed by atoms with van der Waals surface area (Å²) in [5, 5.41) is 8.79. The average Bonchev–Trinajstić information content (AvgIpc) is 2.44. The van der Waals surface area contributed by atoms with Crippen molar-refractivity contribution >= 4 is 11.9 Å². The van der Waals surface area contributed by atoms with Gasteiger partial charge in [0, 0.05) is 6.54 Å². The molecule has 1 aromatic carbocycles. The quantitative estimate of drug-likeness (QED) is 0.894. The maximum absolute atomic E-state index is 12.1. The lowest BCUT2D eigenvalue weighted by atomic mass is 9.90. The van der Waals surface area contributed by atoms with E-state index in [1.807, 2.05) is 6.07 Å². The number of fused-ring (bicyclic) bond motifs is 1. The van der Waals surface area contributed by atoms with Crippen LogP contribution in [-0.2, 0) is 28.9 Å². The van der Waals surface area contributed by atoms with Crippen LogP contribution in [-0.4, -0.2) is 35.0 Å². The maximum atomic E-state index is 12.1. The fraction of sp³-hybridized carbons (Fsp3) is 0.500. The molecule has 0 saturated heterocycles. The Morgan fingerprint density at radius 1 is 1.20 bits per heavy atom. The molecule has 0 unspecified atom stereocenters. The Kier molecular flexibility index (Phi) is 4.77. The number of aryl methyl sites for hydroxylation is 2. The van der Waals surface area contributed by atoms with Crippen molar-refractivity contribution in [2.75, 3.05) is 13.1 Å². The molecule has 0 heterocycles. The van der Waals surface area contributed by atoms with Crippen LogP contribution in [0.25, 0.3) is 0 Å². The predicted molar refractivity (Wildman–Crippen MR) is 76.7 cm³/mol. The van der Waals surface area contributed by atoms with Gasteiger partial charge in [-0.2, -0.15) is 0 Å². The van der Waals surface area contributed by atoms with Gasteiger partial charge >= 0.3 is 5.97 Å². The lowest BCUT2D eigenvalue weighted by Crippen LogP contribution is -2.36. The molecule has 1 N–H and O–H groups in total. The summed E-state index contributed by atoms with van der Waals surface area (Å²) in [4.78, 5) is 24.2. The van der Waals surface area contributed by atoms with Crippen LogP contribution in [0.3, 0.4) is 0 Å². The summed E-state index contributed by atoms with van der Waals surface area (Å²) in [6, 6.07) is 6.22. The molecule has 1 amide bonds. The van der Waals surface area contributed by atoms with Crippen LogP contribution in [0.1, 0.15) is 36.5 Å². The molecule has 1 aromatic rings. The van der Waals surface area contributed by atoms with Crippen molar-refractivity contribution in [1.29, 1.82) is 0 Å². The summed E-state index contributed by atoms with van der Waals surface area (Å²) >= 11 is 0. The standard InChI is InChI=1S/C16H21NO3/c1-2-17(11-16(19)20)15(18)10-12-7-8-13-5-3-4-6-14(13)9-12/h7-9H,2-6,10-11H2,1H3,(H,19,20). The van der Waals surface area contributed by atoms with Crippen LogP contribution in [0.4, 0.5) is 0 Å². The Labute approximate surface area is 119 Å². The number of rotatable bonds is 5. The first-order valence-corrected chi connectivity index (χ1v) is 7.20. The highest BCUT2D eigenvalue weighted by Gasteiger charge is 2.16. The minimum Gasteiger partial charge on any atom is -0.480 e. The SMILES string of the molecule is CCN(CC(=O)O)C(=O)Cc1ccc2c(c1)CCCC2. The smallest absolute Gasteiger partial charge is 0.323 e. The second-order valence-electron chi connectivity index (χ2n) is 5.29. The van der Waals surface area contributed by atoms with Crippen LogP contribution < -0.4 is 0 Å². The molecule has 0 fully saturated rings. The van der Waals surface area contributed by atoms with E-state index in [9.17, 15) is 9.59 Å². The molecule has 1 aliphatic carbocycles. The van der Waals surface area contributed by atoms with Gasteiger partial charge in [-0.15, -0.1) is 0 Å². The molecule has 0 aliphatic heterocycles. The lowest BCUT2D eigenvalue weighted by molar-refractivity contribution is -0.144. The van der Waals surface area contributed by atoms with Gasteiger partial charge in [-0.25, -0.2) is 0 Å². The van der Waals surface area contributed by atoms with Gasteiger partial charge in [0.1, 0.15) is 6.54 Å².